The van der Waals surface area contributed by atoms with Gasteiger partial charge in [-0.3, -0.25) is 9.59 Å². The summed E-state index contributed by atoms with van der Waals surface area (Å²) in [5, 5.41) is 45.9. The third kappa shape index (κ3) is 5.07. The molecule has 0 radical (unpaired) electrons. The summed E-state index contributed by atoms with van der Waals surface area (Å²) < 4.78 is 0. The highest BCUT2D eigenvalue weighted by molar-refractivity contribution is 5.99. The number of amides is 2. The first-order chi connectivity index (χ1) is 17.4. The standard InChI is InChI=1S/C28H24N2O6/c31-21-15-7-13-19(25(21)33)27(35)29-23(17-9-3-1-4-10-17)24(18-11-5-2-6-12-18)30-28(36)20-14-8-16-22(32)26(20)34/h1-16,23-24,31-34H,(H,29,35)(H,30,36)/t23-,24+. The highest BCUT2D eigenvalue weighted by Gasteiger charge is 2.30. The van der Waals surface area contributed by atoms with E-state index in [1.165, 1.54) is 36.4 Å². The summed E-state index contributed by atoms with van der Waals surface area (Å²) >= 11 is 0. The number of para-hydroxylation sites is 2. The second kappa shape index (κ2) is 10.5. The molecule has 182 valence electrons. The zero-order chi connectivity index (χ0) is 25.7. The Labute approximate surface area is 207 Å². The smallest absolute Gasteiger partial charge is 0.255 e. The van der Waals surface area contributed by atoms with Gasteiger partial charge in [-0.05, 0) is 35.4 Å². The SMILES string of the molecule is O=C(N[C@H](c1ccccc1)[C@@H](NC(=O)c1cccc(O)c1O)c1ccccc1)c1cccc(O)c1O. The molecule has 0 fully saturated rings. The molecule has 4 aromatic carbocycles. The van der Waals surface area contributed by atoms with Crippen LogP contribution in [0.2, 0.25) is 0 Å². The zero-order valence-electron chi connectivity index (χ0n) is 19.0. The van der Waals surface area contributed by atoms with Crippen molar-refractivity contribution in [3.05, 3.63) is 119 Å². The number of rotatable bonds is 7. The van der Waals surface area contributed by atoms with E-state index in [1.54, 1.807) is 48.5 Å². The molecule has 0 aliphatic rings. The van der Waals surface area contributed by atoms with Crippen molar-refractivity contribution in [3.63, 3.8) is 0 Å². The summed E-state index contributed by atoms with van der Waals surface area (Å²) in [7, 11) is 0. The minimum absolute atomic E-state index is 0.139. The van der Waals surface area contributed by atoms with Gasteiger partial charge in [0.15, 0.2) is 23.0 Å². The molecule has 2 amide bonds. The van der Waals surface area contributed by atoms with Gasteiger partial charge >= 0.3 is 0 Å². The van der Waals surface area contributed by atoms with Gasteiger partial charge < -0.3 is 31.1 Å². The Kier molecular flexibility index (Phi) is 7.06. The molecule has 8 nitrogen and oxygen atoms in total. The summed E-state index contributed by atoms with van der Waals surface area (Å²) in [5.74, 6) is -3.35. The summed E-state index contributed by atoms with van der Waals surface area (Å²) in [6, 6.07) is 24.3. The van der Waals surface area contributed by atoms with Crippen LogP contribution in [0, 0.1) is 0 Å². The molecule has 0 aromatic heterocycles. The molecule has 0 bridgehead atoms. The van der Waals surface area contributed by atoms with Crippen LogP contribution in [0.1, 0.15) is 43.9 Å². The average Bonchev–Trinajstić information content (AvgIpc) is 2.90. The lowest BCUT2D eigenvalue weighted by Gasteiger charge is -2.30. The number of hydrogen-bond acceptors (Lipinski definition) is 6. The molecule has 2 atom stereocenters. The lowest BCUT2D eigenvalue weighted by molar-refractivity contribution is 0.0878. The molecule has 0 heterocycles. The van der Waals surface area contributed by atoms with Crippen molar-refractivity contribution in [2.45, 2.75) is 12.1 Å². The highest BCUT2D eigenvalue weighted by Crippen LogP contribution is 2.34. The normalized spacial score (nSPS) is 12.3. The lowest BCUT2D eigenvalue weighted by Crippen LogP contribution is -2.40. The number of aromatic hydroxyl groups is 4. The molecule has 8 heteroatoms. The van der Waals surface area contributed by atoms with Gasteiger partial charge in [0, 0.05) is 0 Å². The van der Waals surface area contributed by atoms with E-state index in [2.05, 4.69) is 10.6 Å². The maximum Gasteiger partial charge on any atom is 0.255 e. The van der Waals surface area contributed by atoms with E-state index >= 15 is 0 Å². The van der Waals surface area contributed by atoms with Gasteiger partial charge in [0.1, 0.15) is 0 Å². The van der Waals surface area contributed by atoms with Gasteiger partial charge in [0.05, 0.1) is 23.2 Å². The van der Waals surface area contributed by atoms with Crippen LogP contribution in [-0.4, -0.2) is 32.2 Å². The third-order valence-corrected chi connectivity index (χ3v) is 5.74. The van der Waals surface area contributed by atoms with E-state index in [4.69, 9.17) is 0 Å². The average molecular weight is 485 g/mol. The van der Waals surface area contributed by atoms with Crippen LogP contribution in [-0.2, 0) is 0 Å². The molecule has 0 unspecified atom stereocenters. The maximum atomic E-state index is 13.2. The van der Waals surface area contributed by atoms with Crippen molar-refractivity contribution >= 4 is 11.8 Å². The van der Waals surface area contributed by atoms with Gasteiger partial charge in [-0.15, -0.1) is 0 Å². The highest BCUT2D eigenvalue weighted by atomic mass is 16.3. The van der Waals surface area contributed by atoms with Crippen molar-refractivity contribution < 1.29 is 30.0 Å². The molecule has 6 N–H and O–H groups in total. The Balaban J connectivity index is 1.77. The molecular weight excluding hydrogens is 460 g/mol. The predicted octanol–water partition coefficient (Wildman–Crippen LogP) is 4.15. The van der Waals surface area contributed by atoms with E-state index in [0.717, 1.165) is 0 Å². The number of phenols is 4. The number of carbonyl (C=O) groups is 2. The zero-order valence-corrected chi connectivity index (χ0v) is 19.0. The van der Waals surface area contributed by atoms with Gasteiger partial charge in [-0.2, -0.15) is 0 Å². The van der Waals surface area contributed by atoms with Gasteiger partial charge in [-0.1, -0.05) is 72.8 Å². The van der Waals surface area contributed by atoms with Crippen molar-refractivity contribution in [2.24, 2.45) is 0 Å². The Bertz CT molecular complexity index is 1270. The molecule has 0 aliphatic carbocycles. The predicted molar refractivity (Wildman–Crippen MR) is 133 cm³/mol. The Morgan fingerprint density at radius 1 is 0.500 bits per heavy atom. The fraction of sp³-hybridized carbons (Fsp3) is 0.0714. The summed E-state index contributed by atoms with van der Waals surface area (Å²) in [6.07, 6.45) is 0. The first-order valence-corrected chi connectivity index (χ1v) is 11.1. The molecule has 0 saturated heterocycles. The fourth-order valence-corrected chi connectivity index (χ4v) is 3.91. The van der Waals surface area contributed by atoms with Crippen LogP contribution >= 0.6 is 0 Å². The van der Waals surface area contributed by atoms with Crippen LogP contribution in [0.25, 0.3) is 0 Å². The van der Waals surface area contributed by atoms with E-state index in [0.29, 0.717) is 11.1 Å². The molecular formula is C28H24N2O6. The van der Waals surface area contributed by atoms with Crippen LogP contribution in [0.5, 0.6) is 23.0 Å². The number of nitrogens with one attached hydrogen (secondary N) is 2. The van der Waals surface area contributed by atoms with Crippen LogP contribution in [0.3, 0.4) is 0 Å². The molecule has 0 aliphatic heterocycles. The van der Waals surface area contributed by atoms with E-state index < -0.39 is 46.9 Å². The second-order valence-corrected chi connectivity index (χ2v) is 8.07. The minimum atomic E-state index is -0.828. The topological polar surface area (TPSA) is 139 Å². The minimum Gasteiger partial charge on any atom is -0.504 e. The Morgan fingerprint density at radius 3 is 1.22 bits per heavy atom. The summed E-state index contributed by atoms with van der Waals surface area (Å²) in [4.78, 5) is 26.4. The Morgan fingerprint density at radius 2 is 0.861 bits per heavy atom. The summed E-state index contributed by atoms with van der Waals surface area (Å²) in [6.45, 7) is 0. The number of benzene rings is 4. The van der Waals surface area contributed by atoms with Crippen molar-refractivity contribution in [3.8, 4) is 23.0 Å². The Hall–Kier alpha value is -4.98. The second-order valence-electron chi connectivity index (χ2n) is 8.07. The molecule has 36 heavy (non-hydrogen) atoms. The molecule has 4 aromatic rings. The monoisotopic (exact) mass is 484 g/mol. The largest absolute Gasteiger partial charge is 0.504 e. The van der Waals surface area contributed by atoms with E-state index in [9.17, 15) is 30.0 Å². The van der Waals surface area contributed by atoms with Gasteiger partial charge in [0.2, 0.25) is 0 Å². The van der Waals surface area contributed by atoms with E-state index in [1.807, 2.05) is 12.1 Å². The lowest BCUT2D eigenvalue weighted by atomic mass is 9.92. The van der Waals surface area contributed by atoms with Crippen LogP contribution in [0.15, 0.2) is 97.1 Å². The van der Waals surface area contributed by atoms with Crippen molar-refractivity contribution in [1.29, 1.82) is 0 Å². The number of hydrogen-bond donors (Lipinski definition) is 6. The molecule has 0 saturated carbocycles. The quantitative estimate of drug-likeness (QED) is 0.218. The first-order valence-electron chi connectivity index (χ1n) is 11.1. The van der Waals surface area contributed by atoms with Gasteiger partial charge in [-0.25, -0.2) is 0 Å². The van der Waals surface area contributed by atoms with E-state index in [-0.39, 0.29) is 11.1 Å². The summed E-state index contributed by atoms with van der Waals surface area (Å²) in [5.41, 5.74) is 1.03. The van der Waals surface area contributed by atoms with Crippen LogP contribution in [0.4, 0.5) is 0 Å². The van der Waals surface area contributed by atoms with Crippen molar-refractivity contribution in [1.82, 2.24) is 10.6 Å². The maximum absolute atomic E-state index is 13.2. The molecule has 4 rings (SSSR count). The van der Waals surface area contributed by atoms with Crippen molar-refractivity contribution in [2.75, 3.05) is 0 Å². The fourth-order valence-electron chi connectivity index (χ4n) is 3.91. The number of carbonyl (C=O) groups excluding carboxylic acids is 2. The van der Waals surface area contributed by atoms with Gasteiger partial charge in [0.25, 0.3) is 11.8 Å². The third-order valence-electron chi connectivity index (χ3n) is 5.74. The number of phenolic OH excluding ortho intramolecular Hbond substituents is 4. The van der Waals surface area contributed by atoms with Crippen LogP contribution < -0.4 is 10.6 Å². The molecule has 0 spiro atoms. The first kappa shape index (κ1) is 24.2.